The largest absolute Gasteiger partial charge is 0.409 e. The van der Waals surface area contributed by atoms with Crippen LogP contribution in [0.2, 0.25) is 0 Å². The molecule has 0 saturated heterocycles. The molecule has 0 fully saturated rings. The maximum absolute atomic E-state index is 13.0. The van der Waals surface area contributed by atoms with E-state index in [4.69, 9.17) is 8.94 Å². The van der Waals surface area contributed by atoms with E-state index in [1.165, 1.54) is 16.4 Å². The van der Waals surface area contributed by atoms with Crippen LogP contribution in [0.3, 0.4) is 0 Å². The van der Waals surface area contributed by atoms with Crippen LogP contribution in [0, 0.1) is 0 Å². The first kappa shape index (κ1) is 21.1. The second kappa shape index (κ2) is 8.99. The average Bonchev–Trinajstić information content (AvgIpc) is 3.50. The number of hydrogen-bond acceptors (Lipinski definition) is 9. The van der Waals surface area contributed by atoms with Crippen LogP contribution in [0.25, 0.3) is 22.4 Å². The fourth-order valence-corrected chi connectivity index (χ4v) is 3.91. The minimum absolute atomic E-state index is 0.176. The summed E-state index contributed by atoms with van der Waals surface area (Å²) in [5, 5.41) is 18.4. The van der Waals surface area contributed by atoms with Crippen molar-refractivity contribution < 1.29 is 8.94 Å². The molecule has 0 N–H and O–H groups in total. The zero-order valence-corrected chi connectivity index (χ0v) is 18.8. The molecule has 0 aliphatic carbocycles. The van der Waals surface area contributed by atoms with E-state index in [0.717, 1.165) is 5.56 Å². The molecule has 3 aromatic heterocycles. The Kier molecular flexibility index (Phi) is 5.74. The van der Waals surface area contributed by atoms with Crippen molar-refractivity contribution >= 4 is 22.5 Å². The van der Waals surface area contributed by atoms with Crippen molar-refractivity contribution in [2.24, 2.45) is 0 Å². The Labute approximate surface area is 192 Å². The van der Waals surface area contributed by atoms with Gasteiger partial charge in [-0.05, 0) is 11.6 Å². The van der Waals surface area contributed by atoms with Crippen LogP contribution in [0.4, 0.5) is 0 Å². The summed E-state index contributed by atoms with van der Waals surface area (Å²) in [4.78, 5) is 17.4. The van der Waals surface area contributed by atoms with Crippen LogP contribution in [-0.4, -0.2) is 30.1 Å². The minimum Gasteiger partial charge on any atom is -0.409 e. The summed E-state index contributed by atoms with van der Waals surface area (Å²) in [5.41, 5.74) is 1.25. The lowest BCUT2D eigenvalue weighted by Crippen LogP contribution is -2.24. The van der Waals surface area contributed by atoms with Crippen LogP contribution >= 0.6 is 11.8 Å². The maximum Gasteiger partial charge on any atom is 0.277 e. The quantitative estimate of drug-likeness (QED) is 0.328. The molecular formula is C23H20N6O3S. The second-order valence-electron chi connectivity index (χ2n) is 7.71. The summed E-state index contributed by atoms with van der Waals surface area (Å²) in [7, 11) is 0. The zero-order chi connectivity index (χ0) is 22.8. The molecule has 0 radical (unpaired) electrons. The first-order valence-electron chi connectivity index (χ1n) is 10.4. The lowest BCUT2D eigenvalue weighted by atomic mass is 10.1. The summed E-state index contributed by atoms with van der Waals surface area (Å²) in [6.07, 6.45) is 0. The van der Waals surface area contributed by atoms with Crippen molar-refractivity contribution in [1.29, 1.82) is 0 Å². The maximum atomic E-state index is 13.0. The van der Waals surface area contributed by atoms with Crippen molar-refractivity contribution in [2.75, 3.05) is 0 Å². The molecule has 33 heavy (non-hydrogen) atoms. The van der Waals surface area contributed by atoms with Crippen molar-refractivity contribution in [3.8, 4) is 11.6 Å². The van der Waals surface area contributed by atoms with E-state index in [-0.39, 0.29) is 17.4 Å². The van der Waals surface area contributed by atoms with Gasteiger partial charge in [0.15, 0.2) is 11.5 Å². The Hall–Kier alpha value is -3.79. The van der Waals surface area contributed by atoms with Gasteiger partial charge in [0.2, 0.25) is 5.89 Å². The van der Waals surface area contributed by atoms with Crippen molar-refractivity contribution in [2.45, 2.75) is 37.3 Å². The summed E-state index contributed by atoms with van der Waals surface area (Å²) in [6.45, 7) is 4.34. The molecule has 0 amide bonds. The average molecular weight is 461 g/mol. The van der Waals surface area contributed by atoms with Gasteiger partial charge in [0, 0.05) is 11.3 Å². The number of nitrogens with zero attached hydrogens (tertiary/aromatic N) is 6. The molecule has 0 atom stereocenters. The number of thioether (sulfide) groups is 1. The number of benzene rings is 2. The molecule has 166 valence electrons. The molecule has 0 saturated carbocycles. The standard InChI is InChI=1S/C23H20N6O3S/c1-14(2)20-24-18(32-28-20)13-33-23-26-25-21(31-23)19-16-10-6-7-11-17(16)22(30)29(27-19)12-15-8-4-3-5-9-15/h3-11,14H,12-13H2,1-2H3. The van der Waals surface area contributed by atoms with Gasteiger partial charge >= 0.3 is 0 Å². The van der Waals surface area contributed by atoms with E-state index in [9.17, 15) is 4.79 Å². The van der Waals surface area contributed by atoms with Gasteiger partial charge in [0.25, 0.3) is 16.7 Å². The first-order valence-corrected chi connectivity index (χ1v) is 11.4. The highest BCUT2D eigenvalue weighted by atomic mass is 32.2. The summed E-state index contributed by atoms with van der Waals surface area (Å²) in [5.74, 6) is 1.98. The second-order valence-corrected chi connectivity index (χ2v) is 8.63. The Morgan fingerprint density at radius 2 is 1.76 bits per heavy atom. The molecule has 0 aliphatic heterocycles. The third kappa shape index (κ3) is 4.42. The number of hydrogen-bond donors (Lipinski definition) is 0. The highest BCUT2D eigenvalue weighted by Crippen LogP contribution is 2.28. The molecule has 0 unspecified atom stereocenters. The Morgan fingerprint density at radius 1 is 1.00 bits per heavy atom. The monoisotopic (exact) mass is 460 g/mol. The van der Waals surface area contributed by atoms with Gasteiger partial charge in [0.05, 0.1) is 17.7 Å². The Balaban J connectivity index is 1.46. The molecular weight excluding hydrogens is 440 g/mol. The van der Waals surface area contributed by atoms with E-state index < -0.39 is 0 Å². The van der Waals surface area contributed by atoms with Crippen LogP contribution in [0.15, 0.2) is 73.6 Å². The summed E-state index contributed by atoms with van der Waals surface area (Å²) in [6, 6.07) is 17.0. The van der Waals surface area contributed by atoms with Crippen molar-refractivity contribution in [3.63, 3.8) is 0 Å². The topological polar surface area (TPSA) is 113 Å². The molecule has 0 spiro atoms. The normalized spacial score (nSPS) is 11.5. The van der Waals surface area contributed by atoms with E-state index in [2.05, 4.69) is 25.4 Å². The summed E-state index contributed by atoms with van der Waals surface area (Å²) < 4.78 is 12.6. The van der Waals surface area contributed by atoms with Gasteiger partial charge in [0.1, 0.15) is 0 Å². The van der Waals surface area contributed by atoms with Crippen LogP contribution in [0.1, 0.15) is 37.0 Å². The lowest BCUT2D eigenvalue weighted by Gasteiger charge is -2.09. The van der Waals surface area contributed by atoms with Gasteiger partial charge in [-0.25, -0.2) is 4.68 Å². The van der Waals surface area contributed by atoms with Crippen LogP contribution < -0.4 is 5.56 Å². The predicted octanol–water partition coefficient (Wildman–Crippen LogP) is 4.29. The Bertz CT molecular complexity index is 1460. The predicted molar refractivity (Wildman–Crippen MR) is 123 cm³/mol. The minimum atomic E-state index is -0.176. The molecule has 5 rings (SSSR count). The third-order valence-electron chi connectivity index (χ3n) is 4.97. The fourth-order valence-electron chi connectivity index (χ4n) is 3.31. The van der Waals surface area contributed by atoms with Gasteiger partial charge in [-0.15, -0.1) is 10.2 Å². The third-order valence-corrected chi connectivity index (χ3v) is 5.77. The molecule has 9 nitrogen and oxygen atoms in total. The number of rotatable bonds is 7. The van der Waals surface area contributed by atoms with Gasteiger partial charge < -0.3 is 8.94 Å². The molecule has 0 aliphatic rings. The highest BCUT2D eigenvalue weighted by Gasteiger charge is 2.19. The molecule has 10 heteroatoms. The van der Waals surface area contributed by atoms with Crippen LogP contribution in [0.5, 0.6) is 0 Å². The van der Waals surface area contributed by atoms with Crippen molar-refractivity contribution in [1.82, 2.24) is 30.1 Å². The fraction of sp³-hybridized carbons (Fsp3) is 0.217. The van der Waals surface area contributed by atoms with E-state index in [1.807, 2.05) is 62.4 Å². The molecule has 0 bridgehead atoms. The highest BCUT2D eigenvalue weighted by molar-refractivity contribution is 7.98. The van der Waals surface area contributed by atoms with Gasteiger partial charge in [-0.1, -0.05) is 79.3 Å². The lowest BCUT2D eigenvalue weighted by molar-refractivity contribution is 0.382. The zero-order valence-electron chi connectivity index (χ0n) is 18.0. The van der Waals surface area contributed by atoms with E-state index in [1.54, 1.807) is 6.07 Å². The van der Waals surface area contributed by atoms with Gasteiger partial charge in [-0.2, -0.15) is 10.1 Å². The number of fused-ring (bicyclic) bond motifs is 1. The van der Waals surface area contributed by atoms with Crippen LogP contribution in [-0.2, 0) is 12.3 Å². The van der Waals surface area contributed by atoms with E-state index in [0.29, 0.717) is 45.7 Å². The molecule has 5 aromatic rings. The van der Waals surface area contributed by atoms with Gasteiger partial charge in [-0.3, -0.25) is 4.79 Å². The SMILES string of the molecule is CC(C)c1noc(CSc2nnc(-c3nn(Cc4ccccc4)c(=O)c4ccccc34)o2)n1. The summed E-state index contributed by atoms with van der Waals surface area (Å²) >= 11 is 1.30. The smallest absolute Gasteiger partial charge is 0.277 e. The molecule has 2 aromatic carbocycles. The molecule has 3 heterocycles. The van der Waals surface area contributed by atoms with E-state index >= 15 is 0 Å². The first-order chi connectivity index (χ1) is 16.1. The Morgan fingerprint density at radius 3 is 2.52 bits per heavy atom. The van der Waals surface area contributed by atoms with Crippen molar-refractivity contribution in [3.05, 3.63) is 82.2 Å². The number of aromatic nitrogens is 6.